The van der Waals surface area contributed by atoms with Gasteiger partial charge in [0.15, 0.2) is 17.7 Å². The van der Waals surface area contributed by atoms with Crippen LogP contribution in [0.3, 0.4) is 0 Å². The Kier molecular flexibility index (Phi) is 9.19. The van der Waals surface area contributed by atoms with Crippen molar-refractivity contribution in [1.82, 2.24) is 24.5 Å². The molecular formula is C19H25N7O14P2Se. The molecule has 3 aromatic heterocycles. The summed E-state index contributed by atoms with van der Waals surface area (Å²) < 4.78 is 50.9. The second-order valence-electron chi connectivity index (χ2n) is 9.25. The molecule has 21 nitrogen and oxygen atoms in total. The molecule has 24 heteroatoms. The number of imidazole rings is 1. The first-order valence-electron chi connectivity index (χ1n) is 12.0. The second-order valence-corrected chi connectivity index (χ2v) is 14.2. The zero-order valence-electron chi connectivity index (χ0n) is 21.4. The van der Waals surface area contributed by atoms with Crippen LogP contribution in [0, 0.1) is 0 Å². The van der Waals surface area contributed by atoms with Crippen LogP contribution in [-0.2, 0) is 32.0 Å². The monoisotopic (exact) mass is 717 g/mol. The Hall–Kier alpha value is -2.23. The summed E-state index contributed by atoms with van der Waals surface area (Å²) in [4.78, 5) is 48.5. The first-order chi connectivity index (χ1) is 20.2. The van der Waals surface area contributed by atoms with E-state index in [4.69, 9.17) is 25.5 Å². The van der Waals surface area contributed by atoms with Crippen LogP contribution in [0.1, 0.15) is 27.4 Å². The van der Waals surface area contributed by atoms with Gasteiger partial charge in [-0.3, -0.25) is 4.57 Å². The molecule has 3 aromatic rings. The predicted octanol–water partition coefficient (Wildman–Crippen LogP) is -3.31. The average Bonchev–Trinajstić information content (AvgIpc) is 3.70. The second kappa shape index (κ2) is 12.3. The van der Waals surface area contributed by atoms with E-state index in [9.17, 15) is 44.1 Å². The molecule has 43 heavy (non-hydrogen) atoms. The van der Waals surface area contributed by atoms with E-state index >= 15 is 0 Å². The third kappa shape index (κ3) is 6.74. The van der Waals surface area contributed by atoms with E-state index in [1.54, 1.807) is 0 Å². The number of primary amides is 1. The Morgan fingerprint density at radius 1 is 0.977 bits per heavy atom. The maximum absolute atomic E-state index is 12.4. The van der Waals surface area contributed by atoms with Gasteiger partial charge < -0.3 is 20.7 Å². The van der Waals surface area contributed by atoms with Crippen molar-refractivity contribution >= 4 is 53.0 Å². The molecule has 0 saturated carbocycles. The zero-order chi connectivity index (χ0) is 31.3. The van der Waals surface area contributed by atoms with Gasteiger partial charge in [-0.15, -0.1) is 0 Å². The van der Waals surface area contributed by atoms with E-state index in [2.05, 4.69) is 28.8 Å². The zero-order valence-corrected chi connectivity index (χ0v) is 24.9. The Morgan fingerprint density at radius 3 is 2.23 bits per heavy atom. The first-order valence-corrected chi connectivity index (χ1v) is 16.9. The predicted molar refractivity (Wildman–Crippen MR) is 138 cm³/mol. The third-order valence-electron chi connectivity index (χ3n) is 6.39. The fraction of sp³-hybridized carbons (Fsp3) is 0.526. The molecule has 0 aromatic carbocycles. The molecule has 2 fully saturated rings. The molecule has 0 radical (unpaired) electrons. The summed E-state index contributed by atoms with van der Waals surface area (Å²) in [6, 6.07) is 0. The van der Waals surface area contributed by atoms with Gasteiger partial charge in [-0.2, -0.15) is 0 Å². The molecule has 0 spiro atoms. The fourth-order valence-electron chi connectivity index (χ4n) is 4.29. The van der Waals surface area contributed by atoms with Crippen LogP contribution < -0.4 is 11.5 Å². The van der Waals surface area contributed by atoms with Crippen LogP contribution in [0.15, 0.2) is 17.6 Å². The minimum atomic E-state index is -5.36. The van der Waals surface area contributed by atoms with Crippen LogP contribution in [0.5, 0.6) is 0 Å². The molecule has 1 amide bonds. The average molecular weight is 716 g/mol. The number of fused-ring (bicyclic) bond motifs is 1. The van der Waals surface area contributed by atoms with Crippen molar-refractivity contribution in [1.29, 1.82) is 0 Å². The third-order valence-corrected chi connectivity index (χ3v) is 10.9. The summed E-state index contributed by atoms with van der Waals surface area (Å²) in [6.45, 7) is -1.78. The Bertz CT molecular complexity index is 1590. The Labute approximate surface area is 246 Å². The first kappa shape index (κ1) is 32.2. The Balaban J connectivity index is 1.15. The van der Waals surface area contributed by atoms with Gasteiger partial charge in [-0.05, 0) is 0 Å². The number of nitrogens with two attached hydrogens (primary N) is 2. The number of carbonyl (C=O) groups is 1. The molecule has 0 bridgehead atoms. The number of aliphatic hydroxyl groups is 4. The number of aliphatic hydroxyl groups excluding tert-OH is 4. The van der Waals surface area contributed by atoms with E-state index in [0.717, 1.165) is 6.33 Å². The van der Waals surface area contributed by atoms with Crippen molar-refractivity contribution in [3.63, 3.8) is 0 Å². The van der Waals surface area contributed by atoms with Crippen molar-refractivity contribution in [2.75, 3.05) is 18.9 Å². The molecular weight excluding hydrogens is 691 g/mol. The topological polar surface area (TPSA) is 327 Å². The summed E-state index contributed by atoms with van der Waals surface area (Å²) in [5, 5.41) is 41.5. The van der Waals surface area contributed by atoms with E-state index in [1.165, 1.54) is 15.8 Å². The van der Waals surface area contributed by atoms with Gasteiger partial charge in [0, 0.05) is 0 Å². The summed E-state index contributed by atoms with van der Waals surface area (Å²) in [7, 11) is -10.7. The molecule has 5 rings (SSSR count). The number of carbonyl (C=O) groups excluding carboxylic acids is 1. The standard InChI is InChI=1S/C19H25N7O14P2Se/c20-15-9-17(23-4-22-15)26(5-24-9)19-13(30)11(28)8(39-19)2-37-42(34,35)40-41(32,33)36-1-7-10(27)12(29)14(38-7)18-25-6(3-43-18)16(21)31/h3-5,7-8,10-14,19,27-30H,1-2H2,(H2,21,31)(H,32,33)(H,34,35)(H2,20,22,23)/t7-,8-,10-,11-,12+,13+,14+,19+/m0/s1. The van der Waals surface area contributed by atoms with Crippen LogP contribution in [-0.4, -0.2) is 125 Å². The van der Waals surface area contributed by atoms with Crippen molar-refractivity contribution in [3.05, 3.63) is 27.9 Å². The van der Waals surface area contributed by atoms with E-state index in [-0.39, 0.29) is 27.2 Å². The number of phosphoric ester groups is 2. The summed E-state index contributed by atoms with van der Waals surface area (Å²) in [6.07, 6.45) is -9.32. The van der Waals surface area contributed by atoms with E-state index in [0.29, 0.717) is 0 Å². The maximum atomic E-state index is 12.4. The van der Waals surface area contributed by atoms with Gasteiger partial charge in [0.25, 0.3) is 0 Å². The van der Waals surface area contributed by atoms with Gasteiger partial charge in [-0.25, -0.2) is 15.0 Å². The van der Waals surface area contributed by atoms with Gasteiger partial charge in [0.1, 0.15) is 24.1 Å². The van der Waals surface area contributed by atoms with E-state index < -0.39 is 98.2 Å². The number of anilines is 1. The molecule has 10 N–H and O–H groups in total. The number of hydrogen-bond donors (Lipinski definition) is 8. The number of rotatable bonds is 11. The van der Waals surface area contributed by atoms with Crippen LogP contribution >= 0.6 is 15.6 Å². The van der Waals surface area contributed by atoms with E-state index in [1.807, 2.05) is 0 Å². The normalized spacial score (nSPS) is 32.1. The molecule has 0 aliphatic carbocycles. The quantitative estimate of drug-likeness (QED) is 0.0711. The molecule has 236 valence electrons. The molecule has 2 aliphatic rings. The van der Waals surface area contributed by atoms with Gasteiger partial charge in [0.05, 0.1) is 6.33 Å². The molecule has 5 heterocycles. The molecule has 2 saturated heterocycles. The molecule has 2 aliphatic heterocycles. The number of nitrogens with zero attached hydrogens (tertiary/aromatic N) is 5. The van der Waals surface area contributed by atoms with Gasteiger partial charge >= 0.3 is 158 Å². The fourth-order valence-corrected chi connectivity index (χ4v) is 8.23. The van der Waals surface area contributed by atoms with Gasteiger partial charge in [-0.1, -0.05) is 0 Å². The minimum absolute atomic E-state index is 0.0394. The summed E-state index contributed by atoms with van der Waals surface area (Å²) in [5.41, 5.74) is 11.2. The number of aromatic nitrogens is 5. The van der Waals surface area contributed by atoms with Crippen LogP contribution in [0.25, 0.3) is 11.2 Å². The number of phosphoric acid groups is 2. The van der Waals surface area contributed by atoms with Crippen LogP contribution in [0.2, 0.25) is 0 Å². The number of nitrogen functional groups attached to an aromatic ring is 1. The van der Waals surface area contributed by atoms with Crippen molar-refractivity contribution < 1.29 is 67.0 Å². The van der Waals surface area contributed by atoms with Crippen molar-refractivity contribution in [2.45, 2.75) is 49.0 Å². The number of amides is 1. The Morgan fingerprint density at radius 2 is 1.60 bits per heavy atom. The van der Waals surface area contributed by atoms with Crippen LogP contribution in [0.4, 0.5) is 5.82 Å². The van der Waals surface area contributed by atoms with Gasteiger partial charge in [0.2, 0.25) is 0 Å². The summed E-state index contributed by atoms with van der Waals surface area (Å²) in [5.74, 6) is -0.743. The SMILES string of the molecule is NC(=O)c1c[se]c([C@@H]2O[C@@H](COP(=O)(O)OP(=O)(O)OC[C@@H]3O[C@@H](n4cnc5c(N)ncnc54)[C@H](O)[C@H]3O)[C@H](O)[C@H]2O)n1. The van der Waals surface area contributed by atoms with Crippen molar-refractivity contribution in [3.8, 4) is 0 Å². The molecule has 2 unspecified atom stereocenters. The van der Waals surface area contributed by atoms with Crippen molar-refractivity contribution in [2.24, 2.45) is 5.73 Å². The number of hydrogen-bond acceptors (Lipinski definition) is 17. The molecule has 10 atom stereocenters. The summed E-state index contributed by atoms with van der Waals surface area (Å²) >= 11 is -0.524. The number of ether oxygens (including phenoxy) is 2.